The maximum absolute atomic E-state index is 13.2. The van der Waals surface area contributed by atoms with E-state index in [1.54, 1.807) is 0 Å². The van der Waals surface area contributed by atoms with Gasteiger partial charge in [0.05, 0.1) is 12.1 Å². The van der Waals surface area contributed by atoms with E-state index in [1.165, 1.54) is 0 Å². The van der Waals surface area contributed by atoms with Crippen molar-refractivity contribution in [2.24, 2.45) is 4.99 Å². The first kappa shape index (κ1) is 16.3. The van der Waals surface area contributed by atoms with Gasteiger partial charge in [-0.1, -0.05) is 18.2 Å². The van der Waals surface area contributed by atoms with E-state index in [-0.39, 0.29) is 0 Å². The summed E-state index contributed by atoms with van der Waals surface area (Å²) in [6, 6.07) is 13.6. The Hall–Kier alpha value is -2.93. The van der Waals surface area contributed by atoms with E-state index in [0.717, 1.165) is 60.5 Å². The van der Waals surface area contributed by atoms with Crippen molar-refractivity contribution < 1.29 is 4.74 Å². The van der Waals surface area contributed by atoms with Crippen LogP contribution in [0.15, 0.2) is 47.5 Å². The number of nitrogens with zero attached hydrogens (tertiary/aromatic N) is 6. The number of benzene rings is 1. The highest BCUT2D eigenvalue weighted by Gasteiger charge is 2.39. The molecule has 0 aliphatic carbocycles. The van der Waals surface area contributed by atoms with Crippen LogP contribution in [-0.4, -0.2) is 72.5 Å². The van der Waals surface area contributed by atoms with Crippen LogP contribution >= 0.6 is 0 Å². The van der Waals surface area contributed by atoms with Gasteiger partial charge in [0.1, 0.15) is 5.82 Å². The molecule has 7 heteroatoms. The molecule has 1 saturated heterocycles. The molecule has 138 valence electrons. The van der Waals surface area contributed by atoms with Gasteiger partial charge in [0.15, 0.2) is 0 Å². The largest absolute Gasteiger partial charge is 0.618 e. The van der Waals surface area contributed by atoms with Crippen LogP contribution in [0.2, 0.25) is 0 Å². The lowest BCUT2D eigenvalue weighted by atomic mass is 10.1. The second-order valence-corrected chi connectivity index (χ2v) is 7.17. The fraction of sp³-hybridized carbons (Fsp3) is 0.350. The van der Waals surface area contributed by atoms with Gasteiger partial charge in [0.25, 0.3) is 11.4 Å². The van der Waals surface area contributed by atoms with Crippen LogP contribution in [0.25, 0.3) is 0 Å². The number of piperazine rings is 1. The average Bonchev–Trinajstić information content (AvgIpc) is 3.19. The maximum Gasteiger partial charge on any atom is 0.267 e. The van der Waals surface area contributed by atoms with Gasteiger partial charge in [-0.2, -0.15) is 4.74 Å². The van der Waals surface area contributed by atoms with Crippen LogP contribution in [0.4, 0.5) is 17.3 Å². The molecule has 0 atom stereocenters. The molecule has 0 spiro atoms. The van der Waals surface area contributed by atoms with Gasteiger partial charge in [-0.05, 0) is 25.2 Å². The first-order chi connectivity index (χ1) is 13.2. The third kappa shape index (κ3) is 2.66. The van der Waals surface area contributed by atoms with Crippen LogP contribution < -0.4 is 9.80 Å². The van der Waals surface area contributed by atoms with Gasteiger partial charge in [-0.25, -0.2) is 4.98 Å². The van der Waals surface area contributed by atoms with Crippen molar-refractivity contribution >= 4 is 28.9 Å². The fourth-order valence-corrected chi connectivity index (χ4v) is 3.91. The molecule has 7 nitrogen and oxygen atoms in total. The molecular formula is C20H22N6O. The lowest BCUT2D eigenvalue weighted by Crippen LogP contribution is -2.45. The van der Waals surface area contributed by atoms with E-state index >= 15 is 0 Å². The van der Waals surface area contributed by atoms with Crippen molar-refractivity contribution in [2.75, 3.05) is 56.1 Å². The molecule has 4 heterocycles. The van der Waals surface area contributed by atoms with Crippen LogP contribution in [0, 0.1) is 5.21 Å². The second-order valence-electron chi connectivity index (χ2n) is 7.17. The number of aliphatic imine (C=N–C) groups is 1. The molecule has 0 bridgehead atoms. The monoisotopic (exact) mass is 362 g/mol. The number of hydrogen-bond acceptors (Lipinski definition) is 6. The minimum Gasteiger partial charge on any atom is -0.618 e. The van der Waals surface area contributed by atoms with Crippen LogP contribution in [0.5, 0.6) is 0 Å². The Labute approximate surface area is 158 Å². The lowest BCUT2D eigenvalue weighted by Gasteiger charge is -2.34. The Bertz CT molecular complexity index is 931. The normalized spacial score (nSPS) is 19.8. The Morgan fingerprint density at radius 2 is 1.74 bits per heavy atom. The van der Waals surface area contributed by atoms with E-state index in [9.17, 15) is 5.21 Å². The number of pyridine rings is 1. The molecule has 1 aromatic heterocycles. The van der Waals surface area contributed by atoms with E-state index in [1.807, 2.05) is 42.5 Å². The van der Waals surface area contributed by atoms with Crippen molar-refractivity contribution in [1.29, 1.82) is 0 Å². The zero-order chi connectivity index (χ0) is 18.4. The van der Waals surface area contributed by atoms with Gasteiger partial charge >= 0.3 is 0 Å². The molecule has 1 fully saturated rings. The number of rotatable bonds is 2. The Morgan fingerprint density at radius 1 is 0.963 bits per heavy atom. The zero-order valence-electron chi connectivity index (χ0n) is 15.4. The first-order valence-electron chi connectivity index (χ1n) is 9.39. The lowest BCUT2D eigenvalue weighted by molar-refractivity contribution is -0.358. The summed E-state index contributed by atoms with van der Waals surface area (Å²) in [6.07, 6.45) is 0. The smallest absolute Gasteiger partial charge is 0.267 e. The molecule has 27 heavy (non-hydrogen) atoms. The van der Waals surface area contributed by atoms with E-state index < -0.39 is 0 Å². The Morgan fingerprint density at radius 3 is 2.52 bits per heavy atom. The molecule has 0 amide bonds. The molecule has 1 aromatic carbocycles. The first-order valence-corrected chi connectivity index (χ1v) is 9.39. The molecule has 0 N–H and O–H groups in total. The van der Waals surface area contributed by atoms with Gasteiger partial charge in [0.2, 0.25) is 11.7 Å². The highest BCUT2D eigenvalue weighted by atomic mass is 16.5. The number of amidine groups is 1. The summed E-state index contributed by atoms with van der Waals surface area (Å²) in [4.78, 5) is 16.2. The van der Waals surface area contributed by atoms with Crippen molar-refractivity contribution in [1.82, 2.24) is 9.88 Å². The van der Waals surface area contributed by atoms with Crippen molar-refractivity contribution in [3.63, 3.8) is 0 Å². The number of anilines is 2. The van der Waals surface area contributed by atoms with Crippen molar-refractivity contribution in [3.8, 4) is 0 Å². The fourth-order valence-electron chi connectivity index (χ4n) is 3.91. The molecule has 2 aromatic rings. The second kappa shape index (κ2) is 6.35. The zero-order valence-corrected chi connectivity index (χ0v) is 15.4. The summed E-state index contributed by atoms with van der Waals surface area (Å²) in [5.74, 6) is 2.38. The van der Waals surface area contributed by atoms with Crippen molar-refractivity contribution in [3.05, 3.63) is 53.2 Å². The molecule has 0 radical (unpaired) electrons. The van der Waals surface area contributed by atoms with Gasteiger partial charge < -0.3 is 15.0 Å². The van der Waals surface area contributed by atoms with Crippen LogP contribution in [0.1, 0.15) is 5.56 Å². The summed E-state index contributed by atoms with van der Waals surface area (Å²) in [5, 5.41) is 13.2. The standard InChI is InChI=1S/C20H22N6O/c1-23-11-13-24(14-12-23)17-8-7-16-19(22-17)25-10-9-21-20(25)18(26(16)27)15-5-3-2-4-6-15/h2-8H,9-14H2,1H3. The van der Waals surface area contributed by atoms with Gasteiger partial charge in [-0.3, -0.25) is 9.89 Å². The Kier molecular flexibility index (Phi) is 3.82. The number of hydrogen-bond donors (Lipinski definition) is 0. The Balaban J connectivity index is 1.59. The van der Waals surface area contributed by atoms with Crippen LogP contribution in [0.3, 0.4) is 0 Å². The average molecular weight is 362 g/mol. The minimum absolute atomic E-state index is 0.590. The van der Waals surface area contributed by atoms with E-state index in [2.05, 4.69) is 26.7 Å². The maximum atomic E-state index is 13.2. The van der Waals surface area contributed by atoms with Crippen molar-refractivity contribution in [2.45, 2.75) is 0 Å². The molecule has 0 saturated carbocycles. The topological polar surface area (TPSA) is 61.0 Å². The van der Waals surface area contributed by atoms with E-state index in [4.69, 9.17) is 4.98 Å². The highest BCUT2D eigenvalue weighted by molar-refractivity contribution is 6.51. The summed E-state index contributed by atoms with van der Waals surface area (Å²) >= 11 is 0. The number of fused-ring (bicyclic) bond motifs is 3. The number of aromatic nitrogens is 1. The van der Waals surface area contributed by atoms with Gasteiger partial charge in [0, 0.05) is 38.8 Å². The molecule has 0 unspecified atom stereocenters. The molecule has 3 aliphatic heterocycles. The SMILES string of the molecule is CN1CCN(c2ccc3c(n2)N2CCN=C2C(c2ccccc2)=[N+]3[O-])CC1. The third-order valence-corrected chi connectivity index (χ3v) is 5.44. The van der Waals surface area contributed by atoms with E-state index in [0.29, 0.717) is 17.9 Å². The predicted octanol–water partition coefficient (Wildman–Crippen LogP) is 1.70. The summed E-state index contributed by atoms with van der Waals surface area (Å²) in [5.41, 5.74) is 2.08. The molecular weight excluding hydrogens is 340 g/mol. The molecule has 5 rings (SSSR count). The quantitative estimate of drug-likeness (QED) is 0.601. The predicted molar refractivity (Wildman–Crippen MR) is 107 cm³/mol. The van der Waals surface area contributed by atoms with Crippen LogP contribution in [-0.2, 0) is 0 Å². The summed E-state index contributed by atoms with van der Waals surface area (Å²) in [7, 11) is 2.14. The summed E-state index contributed by atoms with van der Waals surface area (Å²) in [6.45, 7) is 5.38. The number of likely N-dealkylation sites (N-methyl/N-ethyl adjacent to an activating group) is 1. The van der Waals surface area contributed by atoms with Gasteiger partial charge in [-0.15, -0.1) is 0 Å². The summed E-state index contributed by atoms with van der Waals surface area (Å²) < 4.78 is 0.992. The minimum atomic E-state index is 0.590. The highest BCUT2D eigenvalue weighted by Crippen LogP contribution is 2.35. The third-order valence-electron chi connectivity index (χ3n) is 5.44. The molecule has 3 aliphatic rings.